The molecule has 82 valence electrons. The molecule has 1 amide bonds. The molecule has 3 heteroatoms. The van der Waals surface area contributed by atoms with Gasteiger partial charge in [-0.1, -0.05) is 17.7 Å². The zero-order valence-corrected chi connectivity index (χ0v) is 10.4. The first-order valence-corrected chi connectivity index (χ1v) is 5.83. The highest BCUT2D eigenvalue weighted by molar-refractivity contribution is 8.00. The molecule has 0 spiro atoms. The van der Waals surface area contributed by atoms with E-state index in [0.29, 0.717) is 0 Å². The Hall–Kier alpha value is -0.960. The van der Waals surface area contributed by atoms with E-state index in [1.165, 1.54) is 33.3 Å². The van der Waals surface area contributed by atoms with E-state index in [1.807, 2.05) is 6.92 Å². The van der Waals surface area contributed by atoms with Crippen LogP contribution < -0.4 is 5.73 Å². The van der Waals surface area contributed by atoms with E-state index in [0.717, 1.165) is 0 Å². The highest BCUT2D eigenvalue weighted by Gasteiger charge is 2.13. The van der Waals surface area contributed by atoms with Gasteiger partial charge in [0.25, 0.3) is 0 Å². The summed E-state index contributed by atoms with van der Waals surface area (Å²) in [6.07, 6.45) is 0. The molecule has 0 aliphatic heterocycles. The van der Waals surface area contributed by atoms with Crippen LogP contribution in [0.3, 0.4) is 0 Å². The molecule has 0 saturated carbocycles. The topological polar surface area (TPSA) is 43.1 Å². The van der Waals surface area contributed by atoms with Gasteiger partial charge in [-0.2, -0.15) is 0 Å². The van der Waals surface area contributed by atoms with Gasteiger partial charge in [0.2, 0.25) is 5.91 Å². The smallest absolute Gasteiger partial charge is 0.230 e. The Morgan fingerprint density at radius 1 is 1.27 bits per heavy atom. The molecule has 1 aromatic carbocycles. The second-order valence-electron chi connectivity index (χ2n) is 3.89. The molecular formula is C12H17NOS. The molecule has 2 nitrogen and oxygen atoms in total. The van der Waals surface area contributed by atoms with Crippen molar-refractivity contribution >= 4 is 17.7 Å². The van der Waals surface area contributed by atoms with Crippen molar-refractivity contribution in [1.82, 2.24) is 0 Å². The third-order valence-electron chi connectivity index (χ3n) is 2.30. The maximum atomic E-state index is 11.0. The molecule has 0 unspecified atom stereocenters. The average Bonchev–Trinajstić information content (AvgIpc) is 2.10. The minimum Gasteiger partial charge on any atom is -0.369 e. The van der Waals surface area contributed by atoms with Gasteiger partial charge in [0.15, 0.2) is 0 Å². The van der Waals surface area contributed by atoms with E-state index in [1.54, 1.807) is 0 Å². The lowest BCUT2D eigenvalue weighted by Crippen LogP contribution is -2.22. The zero-order chi connectivity index (χ0) is 11.6. The van der Waals surface area contributed by atoms with Crippen LogP contribution in [-0.4, -0.2) is 11.2 Å². The highest BCUT2D eigenvalue weighted by Crippen LogP contribution is 2.30. The number of benzene rings is 1. The summed E-state index contributed by atoms with van der Waals surface area (Å²) < 4.78 is 0. The third-order valence-corrected chi connectivity index (χ3v) is 3.77. The number of aryl methyl sites for hydroxylation is 3. The Labute approximate surface area is 95.2 Å². The minimum atomic E-state index is -0.264. The van der Waals surface area contributed by atoms with Gasteiger partial charge in [0.05, 0.1) is 5.25 Å². The fourth-order valence-electron chi connectivity index (χ4n) is 1.59. The molecule has 0 fully saturated rings. The van der Waals surface area contributed by atoms with E-state index >= 15 is 0 Å². The van der Waals surface area contributed by atoms with E-state index < -0.39 is 0 Å². The molecule has 2 N–H and O–H groups in total. The Morgan fingerprint density at radius 2 is 1.73 bits per heavy atom. The molecule has 0 radical (unpaired) electrons. The molecule has 1 rings (SSSR count). The van der Waals surface area contributed by atoms with E-state index in [4.69, 9.17) is 5.73 Å². The number of carbonyl (C=O) groups is 1. The molecule has 1 atom stereocenters. The quantitative estimate of drug-likeness (QED) is 0.800. The van der Waals surface area contributed by atoms with Crippen molar-refractivity contribution in [3.8, 4) is 0 Å². The van der Waals surface area contributed by atoms with Crippen LogP contribution in [0.2, 0.25) is 0 Å². The van der Waals surface area contributed by atoms with Gasteiger partial charge < -0.3 is 5.73 Å². The SMILES string of the molecule is Cc1cc(C)c(S[C@@H](C)C(N)=O)c(C)c1. The molecular weight excluding hydrogens is 206 g/mol. The van der Waals surface area contributed by atoms with Crippen molar-refractivity contribution in [3.05, 3.63) is 28.8 Å². The Bertz CT molecular complexity index is 364. The summed E-state index contributed by atoms with van der Waals surface area (Å²) in [5.41, 5.74) is 8.93. The van der Waals surface area contributed by atoms with Gasteiger partial charge in [-0.15, -0.1) is 11.8 Å². The lowest BCUT2D eigenvalue weighted by atomic mass is 10.1. The summed E-state index contributed by atoms with van der Waals surface area (Å²) in [5, 5.41) is -0.176. The predicted molar refractivity (Wildman–Crippen MR) is 65.2 cm³/mol. The zero-order valence-electron chi connectivity index (χ0n) is 9.63. The average molecular weight is 223 g/mol. The summed E-state index contributed by atoms with van der Waals surface area (Å²) in [6, 6.07) is 4.26. The van der Waals surface area contributed by atoms with Crippen LogP contribution >= 0.6 is 11.8 Å². The lowest BCUT2D eigenvalue weighted by molar-refractivity contribution is -0.117. The minimum absolute atomic E-state index is 0.176. The largest absolute Gasteiger partial charge is 0.369 e. The second-order valence-corrected chi connectivity index (χ2v) is 5.24. The number of hydrogen-bond acceptors (Lipinski definition) is 2. The monoisotopic (exact) mass is 223 g/mol. The summed E-state index contributed by atoms with van der Waals surface area (Å²) in [4.78, 5) is 12.2. The highest BCUT2D eigenvalue weighted by atomic mass is 32.2. The van der Waals surface area contributed by atoms with Gasteiger partial charge in [0, 0.05) is 4.90 Å². The molecule has 0 heterocycles. The van der Waals surface area contributed by atoms with E-state index in [9.17, 15) is 4.79 Å². The van der Waals surface area contributed by atoms with Crippen molar-refractivity contribution in [1.29, 1.82) is 0 Å². The van der Waals surface area contributed by atoms with Crippen LogP contribution in [0.15, 0.2) is 17.0 Å². The Kier molecular flexibility index (Phi) is 3.80. The van der Waals surface area contributed by atoms with Crippen LogP contribution in [0.1, 0.15) is 23.6 Å². The van der Waals surface area contributed by atoms with E-state index in [-0.39, 0.29) is 11.2 Å². The Morgan fingerprint density at radius 3 is 2.13 bits per heavy atom. The first-order valence-electron chi connectivity index (χ1n) is 4.95. The van der Waals surface area contributed by atoms with Crippen LogP contribution in [0.5, 0.6) is 0 Å². The van der Waals surface area contributed by atoms with Crippen LogP contribution in [0.25, 0.3) is 0 Å². The maximum absolute atomic E-state index is 11.0. The molecule has 15 heavy (non-hydrogen) atoms. The number of primary amides is 1. The van der Waals surface area contributed by atoms with Crippen LogP contribution in [0.4, 0.5) is 0 Å². The summed E-state index contributed by atoms with van der Waals surface area (Å²) >= 11 is 1.54. The van der Waals surface area contributed by atoms with Crippen molar-refractivity contribution in [2.24, 2.45) is 5.73 Å². The lowest BCUT2D eigenvalue weighted by Gasteiger charge is -2.13. The fourth-order valence-corrected chi connectivity index (χ4v) is 2.55. The maximum Gasteiger partial charge on any atom is 0.230 e. The van der Waals surface area contributed by atoms with Gasteiger partial charge >= 0.3 is 0 Å². The number of thioether (sulfide) groups is 1. The number of hydrogen-bond donors (Lipinski definition) is 1. The normalized spacial score (nSPS) is 12.5. The molecule has 0 aromatic heterocycles. The number of carbonyl (C=O) groups excluding carboxylic acids is 1. The molecule has 0 aliphatic rings. The first-order chi connectivity index (χ1) is 6.91. The van der Waals surface area contributed by atoms with Crippen molar-refractivity contribution in [2.75, 3.05) is 0 Å². The van der Waals surface area contributed by atoms with E-state index in [2.05, 4.69) is 32.9 Å². The first kappa shape index (κ1) is 12.1. The van der Waals surface area contributed by atoms with Crippen molar-refractivity contribution < 1.29 is 4.79 Å². The second kappa shape index (κ2) is 4.71. The summed E-state index contributed by atoms with van der Waals surface area (Å²) in [6.45, 7) is 8.05. The van der Waals surface area contributed by atoms with Gasteiger partial charge in [-0.05, 0) is 38.8 Å². The van der Waals surface area contributed by atoms with Crippen LogP contribution in [-0.2, 0) is 4.79 Å². The molecule has 0 bridgehead atoms. The van der Waals surface area contributed by atoms with Crippen molar-refractivity contribution in [2.45, 2.75) is 37.8 Å². The van der Waals surface area contributed by atoms with Gasteiger partial charge in [-0.25, -0.2) is 0 Å². The Balaban J connectivity index is 3.00. The standard InChI is InChI=1S/C12H17NOS/c1-7-5-8(2)11(9(3)6-7)15-10(4)12(13)14/h5-6,10H,1-4H3,(H2,13,14)/t10-/m0/s1. The van der Waals surface area contributed by atoms with Gasteiger partial charge in [0.1, 0.15) is 0 Å². The van der Waals surface area contributed by atoms with Crippen LogP contribution in [0, 0.1) is 20.8 Å². The molecule has 0 saturated heterocycles. The third kappa shape index (κ3) is 2.99. The number of rotatable bonds is 3. The number of amides is 1. The number of nitrogens with two attached hydrogens (primary N) is 1. The molecule has 0 aliphatic carbocycles. The fraction of sp³-hybridized carbons (Fsp3) is 0.417. The van der Waals surface area contributed by atoms with Gasteiger partial charge in [-0.3, -0.25) is 4.79 Å². The summed E-state index contributed by atoms with van der Waals surface area (Å²) in [7, 11) is 0. The summed E-state index contributed by atoms with van der Waals surface area (Å²) in [5.74, 6) is -0.264. The van der Waals surface area contributed by atoms with Crippen molar-refractivity contribution in [3.63, 3.8) is 0 Å². The molecule has 1 aromatic rings. The predicted octanol–water partition coefficient (Wildman–Crippen LogP) is 2.58.